The molecule has 0 saturated heterocycles. The fourth-order valence-corrected chi connectivity index (χ4v) is 2.59. The Hall–Kier alpha value is -2.51. The third-order valence-corrected chi connectivity index (χ3v) is 3.60. The minimum atomic E-state index is -1.07. The van der Waals surface area contributed by atoms with Gasteiger partial charge >= 0.3 is 5.97 Å². The molecule has 1 aromatic carbocycles. The van der Waals surface area contributed by atoms with E-state index in [-0.39, 0.29) is 11.3 Å². The van der Waals surface area contributed by atoms with E-state index in [4.69, 9.17) is 33.0 Å². The first-order valence-electron chi connectivity index (χ1n) is 6.37. The van der Waals surface area contributed by atoms with Crippen LogP contribution >= 0.6 is 23.2 Å². The number of carboxylic acid groups (broad SMARTS) is 1. The molecule has 0 bridgehead atoms. The number of hydrogen-bond acceptors (Lipinski definition) is 5. The van der Waals surface area contributed by atoms with E-state index in [1.807, 2.05) is 0 Å². The summed E-state index contributed by atoms with van der Waals surface area (Å²) in [5.41, 5.74) is 1.10. The number of aromatic carboxylic acids is 1. The quantitative estimate of drug-likeness (QED) is 0.747. The van der Waals surface area contributed by atoms with Gasteiger partial charge in [0.05, 0.1) is 17.2 Å². The lowest BCUT2D eigenvalue weighted by Crippen LogP contribution is -2.02. The zero-order valence-corrected chi connectivity index (χ0v) is 13.3. The van der Waals surface area contributed by atoms with Gasteiger partial charge in [-0.15, -0.1) is 10.2 Å². The number of hydrogen-bond donors (Lipinski definition) is 2. The van der Waals surface area contributed by atoms with Crippen LogP contribution in [-0.2, 0) is 0 Å². The molecule has 0 aliphatic heterocycles. The van der Waals surface area contributed by atoms with Crippen molar-refractivity contribution in [3.8, 4) is 5.75 Å². The van der Waals surface area contributed by atoms with Gasteiger partial charge in [-0.1, -0.05) is 23.2 Å². The molecule has 2 heterocycles. The lowest BCUT2D eigenvalue weighted by Gasteiger charge is -2.09. The van der Waals surface area contributed by atoms with Crippen molar-refractivity contribution in [2.75, 3.05) is 12.4 Å². The summed E-state index contributed by atoms with van der Waals surface area (Å²) in [5, 5.41) is 20.9. The van der Waals surface area contributed by atoms with Crippen LogP contribution in [0.3, 0.4) is 0 Å². The lowest BCUT2D eigenvalue weighted by molar-refractivity contribution is 0.0693. The number of rotatable bonds is 4. The number of anilines is 2. The molecule has 2 aromatic heterocycles. The Kier molecular flexibility index (Phi) is 3.97. The van der Waals surface area contributed by atoms with E-state index in [1.54, 1.807) is 28.8 Å². The molecular formula is C14H10Cl2N4O3. The van der Waals surface area contributed by atoms with Crippen molar-refractivity contribution < 1.29 is 14.6 Å². The highest BCUT2D eigenvalue weighted by atomic mass is 35.5. The lowest BCUT2D eigenvalue weighted by atomic mass is 10.2. The average molecular weight is 353 g/mol. The maximum atomic E-state index is 11.1. The Morgan fingerprint density at radius 1 is 1.30 bits per heavy atom. The standard InChI is InChI=1S/C14H10Cl2N4O3/c1-23-11-5-8(2-3-9(11)13(21)22)17-14-19-18-12-10(16)4-7(15)6-20(12)14/h2-6H,1H3,(H,17,19)(H,21,22). The first kappa shape index (κ1) is 15.4. The van der Waals surface area contributed by atoms with Gasteiger partial charge < -0.3 is 15.2 Å². The fourth-order valence-electron chi connectivity index (χ4n) is 2.08. The molecule has 118 valence electrons. The Morgan fingerprint density at radius 2 is 2.09 bits per heavy atom. The Labute approximate surface area is 140 Å². The van der Waals surface area contributed by atoms with Crippen LogP contribution in [0.2, 0.25) is 10.0 Å². The second kappa shape index (κ2) is 5.94. The van der Waals surface area contributed by atoms with Crippen molar-refractivity contribution in [1.82, 2.24) is 14.6 Å². The maximum Gasteiger partial charge on any atom is 0.339 e. The van der Waals surface area contributed by atoms with Crippen LogP contribution in [-0.4, -0.2) is 32.8 Å². The molecule has 23 heavy (non-hydrogen) atoms. The summed E-state index contributed by atoms with van der Waals surface area (Å²) in [5.74, 6) is -0.457. The van der Waals surface area contributed by atoms with E-state index >= 15 is 0 Å². The van der Waals surface area contributed by atoms with Gasteiger partial charge in [0.2, 0.25) is 5.95 Å². The summed E-state index contributed by atoms with van der Waals surface area (Å²) in [6.07, 6.45) is 1.62. The molecule has 0 aliphatic rings. The topological polar surface area (TPSA) is 88.8 Å². The van der Waals surface area contributed by atoms with Crippen LogP contribution in [0.4, 0.5) is 11.6 Å². The van der Waals surface area contributed by atoms with Crippen LogP contribution < -0.4 is 10.1 Å². The molecule has 2 N–H and O–H groups in total. The molecule has 3 aromatic rings. The second-order valence-electron chi connectivity index (χ2n) is 4.57. The Bertz CT molecular complexity index is 910. The summed E-state index contributed by atoms with van der Waals surface area (Å²) in [4.78, 5) is 11.1. The van der Waals surface area contributed by atoms with E-state index < -0.39 is 5.97 Å². The number of benzene rings is 1. The Morgan fingerprint density at radius 3 is 2.78 bits per heavy atom. The van der Waals surface area contributed by atoms with Gasteiger partial charge in [0.1, 0.15) is 11.3 Å². The molecule has 0 spiro atoms. The maximum absolute atomic E-state index is 11.1. The van der Waals surface area contributed by atoms with Crippen LogP contribution in [0.1, 0.15) is 10.4 Å². The highest BCUT2D eigenvalue weighted by molar-refractivity contribution is 6.36. The van der Waals surface area contributed by atoms with E-state index in [2.05, 4.69) is 15.5 Å². The molecule has 0 fully saturated rings. The molecule has 0 amide bonds. The van der Waals surface area contributed by atoms with E-state index in [0.717, 1.165) is 0 Å². The number of carbonyl (C=O) groups is 1. The van der Waals surface area contributed by atoms with Crippen LogP contribution in [0.5, 0.6) is 5.75 Å². The number of fused-ring (bicyclic) bond motifs is 1. The van der Waals surface area contributed by atoms with Crippen molar-refractivity contribution in [3.63, 3.8) is 0 Å². The molecule has 9 heteroatoms. The predicted octanol–water partition coefficient (Wildman–Crippen LogP) is 3.49. The first-order chi connectivity index (χ1) is 11.0. The minimum Gasteiger partial charge on any atom is -0.496 e. The van der Waals surface area contributed by atoms with Gasteiger partial charge in [-0.05, 0) is 18.2 Å². The molecule has 0 saturated carbocycles. The van der Waals surface area contributed by atoms with Crippen LogP contribution in [0.25, 0.3) is 5.65 Å². The van der Waals surface area contributed by atoms with E-state index in [9.17, 15) is 4.79 Å². The van der Waals surface area contributed by atoms with Crippen molar-refractivity contribution in [1.29, 1.82) is 0 Å². The second-order valence-corrected chi connectivity index (χ2v) is 5.41. The number of pyridine rings is 1. The van der Waals surface area contributed by atoms with Gasteiger partial charge in [-0.2, -0.15) is 0 Å². The SMILES string of the molecule is COc1cc(Nc2nnc3c(Cl)cc(Cl)cn23)ccc1C(=O)O. The highest BCUT2D eigenvalue weighted by Crippen LogP contribution is 2.27. The van der Waals surface area contributed by atoms with Gasteiger partial charge in [-0.3, -0.25) is 4.40 Å². The third kappa shape index (κ3) is 2.88. The number of ether oxygens (including phenoxy) is 1. The van der Waals surface area contributed by atoms with E-state index in [0.29, 0.717) is 27.3 Å². The summed E-state index contributed by atoms with van der Waals surface area (Å²) >= 11 is 12.0. The monoisotopic (exact) mass is 352 g/mol. The predicted molar refractivity (Wildman–Crippen MR) is 86.2 cm³/mol. The van der Waals surface area contributed by atoms with Gasteiger partial charge in [-0.25, -0.2) is 4.79 Å². The van der Waals surface area contributed by atoms with Crippen molar-refractivity contribution in [2.24, 2.45) is 0 Å². The largest absolute Gasteiger partial charge is 0.496 e. The van der Waals surface area contributed by atoms with E-state index in [1.165, 1.54) is 13.2 Å². The Balaban J connectivity index is 2.01. The van der Waals surface area contributed by atoms with Crippen LogP contribution in [0, 0.1) is 0 Å². The normalized spacial score (nSPS) is 10.7. The number of nitrogens with zero attached hydrogens (tertiary/aromatic N) is 3. The number of carboxylic acids is 1. The van der Waals surface area contributed by atoms with Crippen LogP contribution in [0.15, 0.2) is 30.5 Å². The highest BCUT2D eigenvalue weighted by Gasteiger charge is 2.14. The summed E-state index contributed by atoms with van der Waals surface area (Å²) in [6.45, 7) is 0. The number of nitrogens with one attached hydrogen (secondary N) is 1. The smallest absolute Gasteiger partial charge is 0.339 e. The minimum absolute atomic E-state index is 0.0650. The summed E-state index contributed by atoms with van der Waals surface area (Å²) in [6, 6.07) is 6.16. The summed E-state index contributed by atoms with van der Waals surface area (Å²) in [7, 11) is 1.40. The third-order valence-electron chi connectivity index (χ3n) is 3.11. The van der Waals surface area contributed by atoms with Gasteiger partial charge in [0.15, 0.2) is 5.65 Å². The molecule has 0 atom stereocenters. The summed E-state index contributed by atoms with van der Waals surface area (Å²) < 4.78 is 6.69. The van der Waals surface area contributed by atoms with Crippen molar-refractivity contribution >= 4 is 46.5 Å². The molecular weight excluding hydrogens is 343 g/mol. The molecule has 0 unspecified atom stereocenters. The number of methoxy groups -OCH3 is 1. The molecule has 3 rings (SSSR count). The van der Waals surface area contributed by atoms with Crippen molar-refractivity contribution in [3.05, 3.63) is 46.1 Å². The van der Waals surface area contributed by atoms with Gasteiger partial charge in [0, 0.05) is 18.0 Å². The van der Waals surface area contributed by atoms with Crippen molar-refractivity contribution in [2.45, 2.75) is 0 Å². The molecule has 0 aliphatic carbocycles. The number of aromatic nitrogens is 3. The number of halogens is 2. The first-order valence-corrected chi connectivity index (χ1v) is 7.13. The fraction of sp³-hybridized carbons (Fsp3) is 0.0714. The molecule has 0 radical (unpaired) electrons. The molecule has 7 nitrogen and oxygen atoms in total. The zero-order chi connectivity index (χ0) is 16.6. The van der Waals surface area contributed by atoms with Gasteiger partial charge in [0.25, 0.3) is 0 Å². The zero-order valence-electron chi connectivity index (χ0n) is 11.7. The average Bonchev–Trinajstić information content (AvgIpc) is 2.90.